The third kappa shape index (κ3) is 4.72. The van der Waals surface area contributed by atoms with Crippen molar-refractivity contribution in [1.29, 1.82) is 0 Å². The number of carbonyl (C=O) groups is 2. The maximum absolute atomic E-state index is 12.9. The van der Waals surface area contributed by atoms with Crippen LogP contribution in [0.4, 0.5) is 9.18 Å². The smallest absolute Gasteiger partial charge is 0.321 e. The third-order valence-corrected chi connectivity index (χ3v) is 3.71. The third-order valence-electron chi connectivity index (χ3n) is 2.43. The maximum atomic E-state index is 12.9. The van der Waals surface area contributed by atoms with Crippen molar-refractivity contribution in [2.75, 3.05) is 5.75 Å². The Labute approximate surface area is 119 Å². The van der Waals surface area contributed by atoms with Crippen LogP contribution in [0.1, 0.15) is 12.8 Å². The maximum Gasteiger partial charge on any atom is 0.321 e. The van der Waals surface area contributed by atoms with Gasteiger partial charge in [0, 0.05) is 10.9 Å². The first-order valence-corrected chi connectivity index (χ1v) is 7.09. The van der Waals surface area contributed by atoms with Gasteiger partial charge in [0.15, 0.2) is 0 Å². The second-order valence-corrected chi connectivity index (χ2v) is 5.62. The highest BCUT2D eigenvalue weighted by atomic mass is 35.5. The largest absolute Gasteiger partial charge is 0.335 e. The summed E-state index contributed by atoms with van der Waals surface area (Å²) < 4.78 is 12.9. The summed E-state index contributed by atoms with van der Waals surface area (Å²) in [7, 11) is 0. The van der Waals surface area contributed by atoms with Crippen LogP contribution in [0.15, 0.2) is 23.1 Å². The van der Waals surface area contributed by atoms with Crippen molar-refractivity contribution in [1.82, 2.24) is 10.6 Å². The summed E-state index contributed by atoms with van der Waals surface area (Å²) in [5, 5.41) is 4.89. The van der Waals surface area contributed by atoms with Crippen LogP contribution in [0.5, 0.6) is 0 Å². The summed E-state index contributed by atoms with van der Waals surface area (Å²) in [6, 6.07) is 3.95. The normalized spacial score (nSPS) is 14.0. The van der Waals surface area contributed by atoms with Crippen LogP contribution in [0, 0.1) is 5.82 Å². The summed E-state index contributed by atoms with van der Waals surface area (Å²) in [5.41, 5.74) is 0. The molecule has 0 aromatic heterocycles. The predicted octanol–water partition coefficient (Wildman–Crippen LogP) is 2.56. The molecule has 0 atom stereocenters. The first-order chi connectivity index (χ1) is 9.04. The van der Waals surface area contributed by atoms with Crippen LogP contribution in [0.3, 0.4) is 0 Å². The fraction of sp³-hybridized carbons (Fsp3) is 0.333. The van der Waals surface area contributed by atoms with E-state index >= 15 is 0 Å². The van der Waals surface area contributed by atoms with Crippen LogP contribution in [0.25, 0.3) is 0 Å². The van der Waals surface area contributed by atoms with Crippen molar-refractivity contribution >= 4 is 35.3 Å². The molecular formula is C12H12ClFN2O2S. The Morgan fingerprint density at radius 1 is 1.42 bits per heavy atom. The van der Waals surface area contributed by atoms with Crippen molar-refractivity contribution in [3.63, 3.8) is 0 Å². The van der Waals surface area contributed by atoms with E-state index in [1.165, 1.54) is 30.0 Å². The van der Waals surface area contributed by atoms with Crippen LogP contribution in [-0.4, -0.2) is 23.7 Å². The lowest BCUT2D eigenvalue weighted by Gasteiger charge is -2.05. The number of rotatable bonds is 4. The molecule has 0 radical (unpaired) electrons. The Morgan fingerprint density at radius 2 is 2.16 bits per heavy atom. The number of carbonyl (C=O) groups excluding carboxylic acids is 2. The molecule has 0 bridgehead atoms. The number of imide groups is 1. The van der Waals surface area contributed by atoms with Crippen molar-refractivity contribution in [2.45, 2.75) is 23.8 Å². The molecule has 2 rings (SSSR count). The van der Waals surface area contributed by atoms with Crippen molar-refractivity contribution < 1.29 is 14.0 Å². The zero-order valence-corrected chi connectivity index (χ0v) is 11.5. The average molecular weight is 303 g/mol. The molecule has 1 saturated carbocycles. The van der Waals surface area contributed by atoms with Crippen molar-refractivity contribution in [3.8, 4) is 0 Å². The number of amides is 3. The van der Waals surface area contributed by atoms with Crippen LogP contribution < -0.4 is 10.6 Å². The van der Waals surface area contributed by atoms with E-state index in [-0.39, 0.29) is 16.8 Å². The van der Waals surface area contributed by atoms with Gasteiger partial charge in [0.25, 0.3) is 0 Å². The lowest BCUT2D eigenvalue weighted by atomic mass is 10.3. The van der Waals surface area contributed by atoms with Gasteiger partial charge >= 0.3 is 6.03 Å². The van der Waals surface area contributed by atoms with Gasteiger partial charge in [-0.25, -0.2) is 9.18 Å². The SMILES string of the molecule is O=C(CSc1ccc(F)c(Cl)c1)NC(=O)NC1CC1. The molecule has 102 valence electrons. The number of halogens is 2. The Kier molecular flexibility index (Phi) is 4.66. The minimum atomic E-state index is -0.501. The van der Waals surface area contributed by atoms with Gasteiger partial charge in [-0.05, 0) is 31.0 Å². The van der Waals surface area contributed by atoms with E-state index in [0.29, 0.717) is 4.90 Å². The number of hydrogen-bond donors (Lipinski definition) is 2. The minimum Gasteiger partial charge on any atom is -0.335 e. The highest BCUT2D eigenvalue weighted by molar-refractivity contribution is 8.00. The zero-order chi connectivity index (χ0) is 13.8. The Balaban J connectivity index is 1.75. The lowest BCUT2D eigenvalue weighted by molar-refractivity contribution is -0.117. The van der Waals surface area contributed by atoms with Gasteiger partial charge in [-0.15, -0.1) is 11.8 Å². The molecule has 2 N–H and O–H groups in total. The van der Waals surface area contributed by atoms with E-state index in [2.05, 4.69) is 10.6 Å². The molecule has 4 nitrogen and oxygen atoms in total. The monoisotopic (exact) mass is 302 g/mol. The van der Waals surface area contributed by atoms with Gasteiger partial charge in [-0.1, -0.05) is 11.6 Å². The molecule has 0 heterocycles. The van der Waals surface area contributed by atoms with Gasteiger partial charge < -0.3 is 5.32 Å². The van der Waals surface area contributed by atoms with E-state index in [9.17, 15) is 14.0 Å². The number of benzene rings is 1. The summed E-state index contributed by atoms with van der Waals surface area (Å²) >= 11 is 6.81. The summed E-state index contributed by atoms with van der Waals surface area (Å²) in [4.78, 5) is 23.4. The number of urea groups is 1. The van der Waals surface area contributed by atoms with Crippen LogP contribution in [0.2, 0.25) is 5.02 Å². The molecular weight excluding hydrogens is 291 g/mol. The zero-order valence-electron chi connectivity index (χ0n) is 9.91. The second-order valence-electron chi connectivity index (χ2n) is 4.16. The van der Waals surface area contributed by atoms with Crippen LogP contribution in [-0.2, 0) is 4.79 Å². The first kappa shape index (κ1) is 14.1. The molecule has 0 saturated heterocycles. The van der Waals surface area contributed by atoms with Gasteiger partial charge in [0.05, 0.1) is 10.8 Å². The minimum absolute atomic E-state index is 0.0110. The molecule has 1 aromatic rings. The van der Waals surface area contributed by atoms with Crippen molar-refractivity contribution in [2.24, 2.45) is 0 Å². The Bertz CT molecular complexity index is 509. The van der Waals surface area contributed by atoms with Gasteiger partial charge in [-0.2, -0.15) is 0 Å². The Hall–Kier alpha value is -1.27. The Morgan fingerprint density at radius 3 is 2.79 bits per heavy atom. The standard InChI is InChI=1S/C12H12ClFN2O2S/c13-9-5-8(3-4-10(9)14)19-6-11(17)16-12(18)15-7-1-2-7/h3-5,7H,1-2,6H2,(H2,15,16,17,18). The number of thioether (sulfide) groups is 1. The second kappa shape index (κ2) is 6.25. The van der Waals surface area contributed by atoms with Gasteiger partial charge in [0.2, 0.25) is 5.91 Å². The van der Waals surface area contributed by atoms with E-state index < -0.39 is 17.8 Å². The highest BCUT2D eigenvalue weighted by Crippen LogP contribution is 2.23. The van der Waals surface area contributed by atoms with E-state index in [1.807, 2.05) is 0 Å². The fourth-order valence-corrected chi connectivity index (χ4v) is 2.31. The summed E-state index contributed by atoms with van der Waals surface area (Å²) in [6.07, 6.45) is 1.93. The molecule has 1 aliphatic carbocycles. The molecule has 19 heavy (non-hydrogen) atoms. The summed E-state index contributed by atoms with van der Waals surface area (Å²) in [6.45, 7) is 0. The molecule has 0 spiro atoms. The molecule has 1 aromatic carbocycles. The highest BCUT2D eigenvalue weighted by Gasteiger charge is 2.23. The number of hydrogen-bond acceptors (Lipinski definition) is 3. The molecule has 3 amide bonds. The first-order valence-electron chi connectivity index (χ1n) is 5.73. The van der Waals surface area contributed by atoms with E-state index in [1.54, 1.807) is 0 Å². The lowest BCUT2D eigenvalue weighted by Crippen LogP contribution is -2.41. The molecule has 0 aliphatic heterocycles. The topological polar surface area (TPSA) is 58.2 Å². The predicted molar refractivity (Wildman–Crippen MR) is 71.8 cm³/mol. The molecule has 1 aliphatic rings. The molecule has 7 heteroatoms. The van der Waals surface area contributed by atoms with E-state index in [4.69, 9.17) is 11.6 Å². The van der Waals surface area contributed by atoms with Crippen LogP contribution >= 0.6 is 23.4 Å². The fourth-order valence-electron chi connectivity index (χ4n) is 1.33. The molecule has 0 unspecified atom stereocenters. The molecule has 1 fully saturated rings. The number of nitrogens with one attached hydrogen (secondary N) is 2. The van der Waals surface area contributed by atoms with Crippen molar-refractivity contribution in [3.05, 3.63) is 29.0 Å². The average Bonchev–Trinajstić information content (AvgIpc) is 3.14. The van der Waals surface area contributed by atoms with E-state index in [0.717, 1.165) is 12.8 Å². The van der Waals surface area contributed by atoms with Gasteiger partial charge in [0.1, 0.15) is 5.82 Å². The quantitative estimate of drug-likeness (QED) is 0.840. The van der Waals surface area contributed by atoms with Gasteiger partial charge in [-0.3, -0.25) is 10.1 Å². The summed E-state index contributed by atoms with van der Waals surface area (Å²) in [5.74, 6) is -0.831.